The fraction of sp³-hybridized carbons (Fsp3) is 0.273. The van der Waals surface area contributed by atoms with Gasteiger partial charge in [-0.05, 0) is 37.3 Å². The molecule has 0 spiro atoms. The van der Waals surface area contributed by atoms with Crippen LogP contribution in [0.5, 0.6) is 0 Å². The number of benzene rings is 2. The highest BCUT2D eigenvalue weighted by atomic mass is 35.5. The summed E-state index contributed by atoms with van der Waals surface area (Å²) >= 11 is 12.1. The standard InChI is InChI=1S/C22H21Cl2N3O3/c1-14-16-12-15(23)6-7-19(16)30-21(14)22(29)27-10-8-26(9-11-27)13-20(28)25-18-5-3-2-4-17(18)24/h2-7,12H,8-11,13H2,1H3,(H,25,28). The molecule has 0 aliphatic carbocycles. The van der Waals surface area contributed by atoms with Crippen molar-refractivity contribution >= 4 is 51.7 Å². The van der Waals surface area contributed by atoms with E-state index >= 15 is 0 Å². The third-order valence-electron chi connectivity index (χ3n) is 5.27. The number of hydrogen-bond donors (Lipinski definition) is 1. The summed E-state index contributed by atoms with van der Waals surface area (Å²) in [5.41, 5.74) is 2.03. The van der Waals surface area contributed by atoms with Crippen molar-refractivity contribution in [2.24, 2.45) is 0 Å². The van der Waals surface area contributed by atoms with Crippen molar-refractivity contribution in [2.45, 2.75) is 6.92 Å². The molecule has 0 bridgehead atoms. The lowest BCUT2D eigenvalue weighted by Gasteiger charge is -2.34. The summed E-state index contributed by atoms with van der Waals surface area (Å²) in [5, 5.41) is 4.78. The molecule has 30 heavy (non-hydrogen) atoms. The number of hydrogen-bond acceptors (Lipinski definition) is 4. The van der Waals surface area contributed by atoms with Gasteiger partial charge >= 0.3 is 0 Å². The highest BCUT2D eigenvalue weighted by Crippen LogP contribution is 2.29. The first-order valence-corrected chi connectivity index (χ1v) is 10.4. The molecule has 8 heteroatoms. The fourth-order valence-electron chi connectivity index (χ4n) is 3.61. The minimum absolute atomic E-state index is 0.132. The Morgan fingerprint density at radius 1 is 1.07 bits per heavy atom. The van der Waals surface area contributed by atoms with Gasteiger partial charge in [0.05, 0.1) is 17.3 Å². The van der Waals surface area contributed by atoms with Crippen molar-refractivity contribution in [3.05, 3.63) is 63.8 Å². The first-order valence-electron chi connectivity index (χ1n) is 9.67. The van der Waals surface area contributed by atoms with Gasteiger partial charge in [0.15, 0.2) is 5.76 Å². The Bertz CT molecular complexity index is 1100. The monoisotopic (exact) mass is 445 g/mol. The molecule has 0 radical (unpaired) electrons. The van der Waals surface area contributed by atoms with E-state index in [1.54, 1.807) is 29.2 Å². The first kappa shape index (κ1) is 20.7. The third-order valence-corrected chi connectivity index (χ3v) is 5.83. The van der Waals surface area contributed by atoms with Crippen LogP contribution in [0, 0.1) is 6.92 Å². The van der Waals surface area contributed by atoms with Crippen molar-refractivity contribution in [1.29, 1.82) is 0 Å². The van der Waals surface area contributed by atoms with Gasteiger partial charge < -0.3 is 14.6 Å². The molecule has 0 saturated carbocycles. The lowest BCUT2D eigenvalue weighted by molar-refractivity contribution is -0.117. The van der Waals surface area contributed by atoms with Gasteiger partial charge in [-0.25, -0.2) is 0 Å². The van der Waals surface area contributed by atoms with Crippen molar-refractivity contribution < 1.29 is 14.0 Å². The van der Waals surface area contributed by atoms with Gasteiger partial charge in [0.1, 0.15) is 5.58 Å². The molecule has 1 aromatic heterocycles. The lowest BCUT2D eigenvalue weighted by Crippen LogP contribution is -2.50. The average Bonchev–Trinajstić information content (AvgIpc) is 3.06. The van der Waals surface area contributed by atoms with Crippen LogP contribution in [0.15, 0.2) is 46.9 Å². The molecule has 1 aliphatic rings. The number of carbonyl (C=O) groups is 2. The van der Waals surface area contributed by atoms with E-state index in [2.05, 4.69) is 5.32 Å². The summed E-state index contributed by atoms with van der Waals surface area (Å²) < 4.78 is 5.80. The van der Waals surface area contributed by atoms with Crippen LogP contribution >= 0.6 is 23.2 Å². The summed E-state index contributed by atoms with van der Waals surface area (Å²) in [6, 6.07) is 12.5. The van der Waals surface area contributed by atoms with E-state index in [4.69, 9.17) is 27.6 Å². The second kappa shape index (κ2) is 8.68. The predicted octanol–water partition coefficient (Wildman–Crippen LogP) is 4.44. The number of nitrogens with zero attached hydrogens (tertiary/aromatic N) is 2. The largest absolute Gasteiger partial charge is 0.451 e. The summed E-state index contributed by atoms with van der Waals surface area (Å²) in [6.45, 7) is 4.37. The molecule has 2 amide bonds. The number of carbonyl (C=O) groups excluding carboxylic acids is 2. The third kappa shape index (κ3) is 4.31. The van der Waals surface area contributed by atoms with Crippen molar-refractivity contribution in [3.8, 4) is 0 Å². The SMILES string of the molecule is Cc1c(C(=O)N2CCN(CC(=O)Nc3ccccc3Cl)CC2)oc2ccc(Cl)cc12. The quantitative estimate of drug-likeness (QED) is 0.644. The summed E-state index contributed by atoms with van der Waals surface area (Å²) in [5.74, 6) is 0.0741. The van der Waals surface area contributed by atoms with Crippen LogP contribution in [0.25, 0.3) is 11.0 Å². The smallest absolute Gasteiger partial charge is 0.289 e. The van der Waals surface area contributed by atoms with Gasteiger partial charge in [-0.15, -0.1) is 0 Å². The number of anilines is 1. The molecule has 6 nitrogen and oxygen atoms in total. The van der Waals surface area contributed by atoms with Crippen LogP contribution in [-0.4, -0.2) is 54.3 Å². The fourth-order valence-corrected chi connectivity index (χ4v) is 3.96. The summed E-state index contributed by atoms with van der Waals surface area (Å²) in [6.07, 6.45) is 0. The number of piperazine rings is 1. The van der Waals surface area contributed by atoms with Gasteiger partial charge in [0, 0.05) is 42.2 Å². The normalized spacial score (nSPS) is 14.8. The highest BCUT2D eigenvalue weighted by molar-refractivity contribution is 6.33. The van der Waals surface area contributed by atoms with Gasteiger partial charge in [-0.1, -0.05) is 35.3 Å². The van der Waals surface area contributed by atoms with Gasteiger partial charge in [0.25, 0.3) is 5.91 Å². The molecule has 156 valence electrons. The Kier molecular flexibility index (Phi) is 5.99. The van der Waals surface area contributed by atoms with Crippen molar-refractivity contribution in [2.75, 3.05) is 38.0 Å². The number of furan rings is 1. The number of halogens is 2. The van der Waals surface area contributed by atoms with Crippen LogP contribution in [0.2, 0.25) is 10.0 Å². The first-order chi connectivity index (χ1) is 14.4. The molecule has 1 fully saturated rings. The number of aryl methyl sites for hydroxylation is 1. The molecular formula is C22H21Cl2N3O3. The van der Waals surface area contributed by atoms with E-state index in [0.29, 0.717) is 53.3 Å². The molecular weight excluding hydrogens is 425 g/mol. The zero-order valence-corrected chi connectivity index (χ0v) is 18.0. The van der Waals surface area contributed by atoms with E-state index in [1.165, 1.54) is 0 Å². The number of nitrogens with one attached hydrogen (secondary N) is 1. The molecule has 1 saturated heterocycles. The van der Waals surface area contributed by atoms with E-state index in [0.717, 1.165) is 10.9 Å². The molecule has 0 atom stereocenters. The van der Waals surface area contributed by atoms with E-state index < -0.39 is 0 Å². The predicted molar refractivity (Wildman–Crippen MR) is 118 cm³/mol. The van der Waals surface area contributed by atoms with Crippen molar-refractivity contribution in [3.63, 3.8) is 0 Å². The number of amides is 2. The van der Waals surface area contributed by atoms with Crippen molar-refractivity contribution in [1.82, 2.24) is 9.80 Å². The van der Waals surface area contributed by atoms with Crippen LogP contribution in [0.1, 0.15) is 16.1 Å². The molecule has 3 aromatic rings. The number of rotatable bonds is 4. The zero-order valence-electron chi connectivity index (χ0n) is 16.5. The number of para-hydroxylation sites is 1. The second-order valence-corrected chi connectivity index (χ2v) is 8.14. The lowest BCUT2D eigenvalue weighted by atomic mass is 10.1. The molecule has 2 heterocycles. The van der Waals surface area contributed by atoms with Gasteiger partial charge in [0.2, 0.25) is 5.91 Å². The maximum absolute atomic E-state index is 13.0. The van der Waals surface area contributed by atoms with Crippen LogP contribution in [0.4, 0.5) is 5.69 Å². The highest BCUT2D eigenvalue weighted by Gasteiger charge is 2.27. The number of fused-ring (bicyclic) bond motifs is 1. The van der Waals surface area contributed by atoms with E-state index in [-0.39, 0.29) is 18.4 Å². The average molecular weight is 446 g/mol. The molecule has 1 N–H and O–H groups in total. The topological polar surface area (TPSA) is 65.8 Å². The zero-order chi connectivity index (χ0) is 21.3. The van der Waals surface area contributed by atoms with Crippen LogP contribution in [-0.2, 0) is 4.79 Å². The van der Waals surface area contributed by atoms with Crippen LogP contribution in [0.3, 0.4) is 0 Å². The van der Waals surface area contributed by atoms with E-state index in [9.17, 15) is 9.59 Å². The Morgan fingerprint density at radius 2 is 1.80 bits per heavy atom. The minimum atomic E-state index is -0.139. The minimum Gasteiger partial charge on any atom is -0.451 e. The Balaban J connectivity index is 1.35. The van der Waals surface area contributed by atoms with Gasteiger partial charge in [-0.3, -0.25) is 14.5 Å². The molecule has 0 unspecified atom stereocenters. The second-order valence-electron chi connectivity index (χ2n) is 7.29. The maximum atomic E-state index is 13.0. The summed E-state index contributed by atoms with van der Waals surface area (Å²) in [4.78, 5) is 29.1. The summed E-state index contributed by atoms with van der Waals surface area (Å²) in [7, 11) is 0. The van der Waals surface area contributed by atoms with Gasteiger partial charge in [-0.2, -0.15) is 0 Å². The van der Waals surface area contributed by atoms with Crippen LogP contribution < -0.4 is 5.32 Å². The van der Waals surface area contributed by atoms with E-state index in [1.807, 2.05) is 30.0 Å². The molecule has 2 aromatic carbocycles. The Labute approximate surface area is 184 Å². The molecule has 1 aliphatic heterocycles. The molecule has 4 rings (SSSR count). The Hall–Kier alpha value is -2.54. The maximum Gasteiger partial charge on any atom is 0.289 e. The Morgan fingerprint density at radius 3 is 2.53 bits per heavy atom.